The molecule has 0 aliphatic carbocycles. The molecule has 2 rings (SSSR count). The second-order valence-electron chi connectivity index (χ2n) is 3.95. The van der Waals surface area contributed by atoms with E-state index in [0.717, 1.165) is 6.29 Å². The zero-order valence-electron chi connectivity index (χ0n) is 9.86. The Morgan fingerprint density at radius 1 is 1.35 bits per heavy atom. The van der Waals surface area contributed by atoms with Crippen LogP contribution in [-0.4, -0.2) is 19.7 Å². The van der Waals surface area contributed by atoms with Crippen molar-refractivity contribution in [1.29, 1.82) is 0 Å². The third-order valence-corrected chi connectivity index (χ3v) is 2.36. The molecule has 0 unspecified atom stereocenters. The van der Waals surface area contributed by atoms with Gasteiger partial charge in [0.05, 0.1) is 5.56 Å². The van der Waals surface area contributed by atoms with Crippen LogP contribution < -0.4 is 14.2 Å². The second kappa shape index (κ2) is 4.91. The predicted octanol–water partition coefficient (Wildman–Crippen LogP) is 2.57. The van der Waals surface area contributed by atoms with Crippen molar-refractivity contribution in [2.45, 2.75) is 13.8 Å². The van der Waals surface area contributed by atoms with E-state index in [4.69, 9.17) is 14.2 Å². The van der Waals surface area contributed by atoms with E-state index in [1.54, 1.807) is 12.1 Å². The number of carbonyl (C=O) groups is 1. The Morgan fingerprint density at radius 3 is 2.71 bits per heavy atom. The molecular formula is C13H14O4. The highest BCUT2D eigenvalue weighted by atomic mass is 16.7. The lowest BCUT2D eigenvalue weighted by atomic mass is 10.2. The molecule has 0 N–H and O–H groups in total. The van der Waals surface area contributed by atoms with Crippen LogP contribution in [0.5, 0.6) is 17.2 Å². The molecule has 90 valence electrons. The van der Waals surface area contributed by atoms with Gasteiger partial charge in [0.1, 0.15) is 12.4 Å². The fourth-order valence-corrected chi connectivity index (χ4v) is 1.45. The SMILES string of the molecule is CC(C)=CCOc1cc2c(cc1C=O)OCO2. The molecule has 0 radical (unpaired) electrons. The van der Waals surface area contributed by atoms with E-state index in [9.17, 15) is 4.79 Å². The summed E-state index contributed by atoms with van der Waals surface area (Å²) in [7, 11) is 0. The van der Waals surface area contributed by atoms with Crippen LogP contribution in [0.1, 0.15) is 24.2 Å². The summed E-state index contributed by atoms with van der Waals surface area (Å²) < 4.78 is 15.9. The minimum Gasteiger partial charge on any atom is -0.489 e. The van der Waals surface area contributed by atoms with Crippen molar-refractivity contribution in [1.82, 2.24) is 0 Å². The minimum atomic E-state index is 0.186. The summed E-state index contributed by atoms with van der Waals surface area (Å²) in [5, 5.41) is 0. The average Bonchev–Trinajstić information content (AvgIpc) is 2.74. The first-order valence-electron chi connectivity index (χ1n) is 5.35. The first-order chi connectivity index (χ1) is 8.20. The fraction of sp³-hybridized carbons (Fsp3) is 0.308. The number of benzene rings is 1. The van der Waals surface area contributed by atoms with Crippen molar-refractivity contribution in [3.05, 3.63) is 29.3 Å². The Hall–Kier alpha value is -1.97. The molecule has 1 aliphatic rings. The summed E-state index contributed by atoms with van der Waals surface area (Å²) in [5.41, 5.74) is 1.63. The first kappa shape index (κ1) is 11.5. The van der Waals surface area contributed by atoms with Gasteiger partial charge < -0.3 is 14.2 Å². The third-order valence-electron chi connectivity index (χ3n) is 2.36. The molecule has 0 aromatic heterocycles. The molecule has 0 amide bonds. The van der Waals surface area contributed by atoms with Crippen LogP contribution in [0.25, 0.3) is 0 Å². The normalized spacial score (nSPS) is 12.1. The van der Waals surface area contributed by atoms with Gasteiger partial charge in [0.2, 0.25) is 6.79 Å². The molecule has 1 aromatic rings. The van der Waals surface area contributed by atoms with Crippen molar-refractivity contribution < 1.29 is 19.0 Å². The maximum Gasteiger partial charge on any atom is 0.231 e. The molecule has 0 spiro atoms. The van der Waals surface area contributed by atoms with Gasteiger partial charge in [-0.05, 0) is 26.0 Å². The molecule has 0 atom stereocenters. The summed E-state index contributed by atoms with van der Waals surface area (Å²) in [6.45, 7) is 4.60. The smallest absolute Gasteiger partial charge is 0.231 e. The quantitative estimate of drug-likeness (QED) is 0.593. The Kier molecular flexibility index (Phi) is 3.32. The van der Waals surface area contributed by atoms with Crippen molar-refractivity contribution >= 4 is 6.29 Å². The number of ether oxygens (including phenoxy) is 3. The van der Waals surface area contributed by atoms with E-state index < -0.39 is 0 Å². The lowest BCUT2D eigenvalue weighted by Crippen LogP contribution is -1.97. The lowest BCUT2D eigenvalue weighted by molar-refractivity contribution is 0.111. The molecule has 4 heteroatoms. The van der Waals surface area contributed by atoms with Crippen LogP contribution in [0.15, 0.2) is 23.8 Å². The van der Waals surface area contributed by atoms with E-state index in [0.29, 0.717) is 29.4 Å². The van der Waals surface area contributed by atoms with Crippen LogP contribution in [0.4, 0.5) is 0 Å². The van der Waals surface area contributed by atoms with E-state index in [-0.39, 0.29) is 6.79 Å². The van der Waals surface area contributed by atoms with Crippen LogP contribution in [0.2, 0.25) is 0 Å². The Morgan fingerprint density at radius 2 is 2.06 bits per heavy atom. The molecular weight excluding hydrogens is 220 g/mol. The molecule has 0 fully saturated rings. The maximum absolute atomic E-state index is 10.9. The highest BCUT2D eigenvalue weighted by Gasteiger charge is 2.17. The van der Waals surface area contributed by atoms with Crippen LogP contribution in [0.3, 0.4) is 0 Å². The Labute approximate surface area is 99.8 Å². The van der Waals surface area contributed by atoms with Gasteiger partial charge in [0.15, 0.2) is 17.8 Å². The van der Waals surface area contributed by atoms with Crippen LogP contribution in [0, 0.1) is 0 Å². The number of fused-ring (bicyclic) bond motifs is 1. The van der Waals surface area contributed by atoms with Gasteiger partial charge in [-0.1, -0.05) is 5.57 Å². The molecule has 0 saturated heterocycles. The highest BCUT2D eigenvalue weighted by Crippen LogP contribution is 2.37. The van der Waals surface area contributed by atoms with Gasteiger partial charge in [0, 0.05) is 6.07 Å². The van der Waals surface area contributed by atoms with Crippen molar-refractivity contribution in [2.75, 3.05) is 13.4 Å². The number of hydrogen-bond acceptors (Lipinski definition) is 4. The van der Waals surface area contributed by atoms with Crippen LogP contribution in [-0.2, 0) is 0 Å². The number of hydrogen-bond donors (Lipinski definition) is 0. The zero-order chi connectivity index (χ0) is 12.3. The summed E-state index contributed by atoms with van der Waals surface area (Å²) >= 11 is 0. The number of rotatable bonds is 4. The summed E-state index contributed by atoms with van der Waals surface area (Å²) in [6, 6.07) is 3.32. The van der Waals surface area contributed by atoms with Gasteiger partial charge in [-0.3, -0.25) is 4.79 Å². The summed E-state index contributed by atoms with van der Waals surface area (Å²) in [4.78, 5) is 10.9. The zero-order valence-corrected chi connectivity index (χ0v) is 9.86. The van der Waals surface area contributed by atoms with Crippen LogP contribution >= 0.6 is 0 Å². The van der Waals surface area contributed by atoms with Crippen molar-refractivity contribution in [2.24, 2.45) is 0 Å². The van der Waals surface area contributed by atoms with Gasteiger partial charge in [-0.25, -0.2) is 0 Å². The molecule has 1 aromatic carbocycles. The van der Waals surface area contributed by atoms with Crippen molar-refractivity contribution in [3.8, 4) is 17.2 Å². The number of aldehydes is 1. The third kappa shape index (κ3) is 2.58. The van der Waals surface area contributed by atoms with E-state index >= 15 is 0 Å². The molecule has 1 aliphatic heterocycles. The Bertz CT molecular complexity index is 459. The van der Waals surface area contributed by atoms with Crippen molar-refractivity contribution in [3.63, 3.8) is 0 Å². The fourth-order valence-electron chi connectivity index (χ4n) is 1.45. The van der Waals surface area contributed by atoms with E-state index in [1.165, 1.54) is 5.57 Å². The molecule has 0 bridgehead atoms. The first-order valence-corrected chi connectivity index (χ1v) is 5.35. The van der Waals surface area contributed by atoms with E-state index in [1.807, 2.05) is 19.9 Å². The topological polar surface area (TPSA) is 44.8 Å². The van der Waals surface area contributed by atoms with Gasteiger partial charge in [-0.2, -0.15) is 0 Å². The molecule has 17 heavy (non-hydrogen) atoms. The maximum atomic E-state index is 10.9. The summed E-state index contributed by atoms with van der Waals surface area (Å²) in [5.74, 6) is 1.71. The number of carbonyl (C=O) groups excluding carboxylic acids is 1. The molecule has 0 saturated carbocycles. The van der Waals surface area contributed by atoms with Gasteiger partial charge >= 0.3 is 0 Å². The summed E-state index contributed by atoms with van der Waals surface area (Å²) in [6.07, 6.45) is 2.69. The number of allylic oxidation sites excluding steroid dienone is 1. The standard InChI is InChI=1S/C13H14O4/c1-9(2)3-4-15-11-6-13-12(16-8-17-13)5-10(11)7-14/h3,5-7H,4,8H2,1-2H3. The largest absolute Gasteiger partial charge is 0.489 e. The monoisotopic (exact) mass is 234 g/mol. The Balaban J connectivity index is 2.20. The van der Waals surface area contributed by atoms with E-state index in [2.05, 4.69) is 0 Å². The van der Waals surface area contributed by atoms with Gasteiger partial charge in [-0.15, -0.1) is 0 Å². The molecule has 1 heterocycles. The minimum absolute atomic E-state index is 0.186. The van der Waals surface area contributed by atoms with Gasteiger partial charge in [0.25, 0.3) is 0 Å². The highest BCUT2D eigenvalue weighted by molar-refractivity contribution is 5.81. The average molecular weight is 234 g/mol. The second-order valence-corrected chi connectivity index (χ2v) is 3.95. The molecule has 4 nitrogen and oxygen atoms in total. The predicted molar refractivity (Wildman–Crippen MR) is 62.9 cm³/mol. The lowest BCUT2D eigenvalue weighted by Gasteiger charge is -2.07.